The molecule has 10 heteroatoms. The average Bonchev–Trinajstić information content (AvgIpc) is 3.21. The predicted octanol–water partition coefficient (Wildman–Crippen LogP) is 1.98. The van der Waals surface area contributed by atoms with E-state index in [1.54, 1.807) is 17.3 Å². The molecule has 3 aliphatic rings. The molecule has 3 heterocycles. The standard InChI is InChI=1S/C26H35N7O3/c1-30(2)26(20-6-4-3-5-7-20)10-8-25(9-11-26)19-33(24(36)29-25)21-16-27-23(28-17-21)32-14-12-31(13-15-32)18-22(34)35/h3-7,16-17H,8-15,18-19H2,1-2H3,(H,29,36)(H,34,35). The smallest absolute Gasteiger partial charge is 0.322 e. The van der Waals surface area contributed by atoms with Crippen molar-refractivity contribution in [1.82, 2.24) is 25.1 Å². The van der Waals surface area contributed by atoms with Crippen molar-refractivity contribution in [3.63, 3.8) is 0 Å². The molecule has 0 unspecified atom stereocenters. The van der Waals surface area contributed by atoms with Crippen molar-refractivity contribution in [3.05, 3.63) is 48.3 Å². The molecule has 0 atom stereocenters. The van der Waals surface area contributed by atoms with Crippen LogP contribution in [0.15, 0.2) is 42.7 Å². The zero-order chi connectivity index (χ0) is 25.3. The van der Waals surface area contributed by atoms with E-state index in [0.29, 0.717) is 44.4 Å². The van der Waals surface area contributed by atoms with E-state index in [9.17, 15) is 9.59 Å². The maximum atomic E-state index is 13.0. The van der Waals surface area contributed by atoms with E-state index in [2.05, 4.69) is 69.5 Å². The number of carbonyl (C=O) groups is 2. The zero-order valence-corrected chi connectivity index (χ0v) is 21.1. The average molecular weight is 494 g/mol. The third kappa shape index (κ3) is 4.62. The number of rotatable bonds is 6. The molecule has 10 nitrogen and oxygen atoms in total. The Morgan fingerprint density at radius 1 is 1.03 bits per heavy atom. The van der Waals surface area contributed by atoms with Gasteiger partial charge in [-0.1, -0.05) is 30.3 Å². The van der Waals surface area contributed by atoms with Gasteiger partial charge < -0.3 is 15.3 Å². The number of carbonyl (C=O) groups excluding carboxylic acids is 1. The highest BCUT2D eigenvalue weighted by atomic mass is 16.4. The number of benzene rings is 1. The Labute approximate surface area is 211 Å². The van der Waals surface area contributed by atoms with Gasteiger partial charge >= 0.3 is 12.0 Å². The molecule has 1 aromatic carbocycles. The third-order valence-electron chi connectivity index (χ3n) is 8.23. The van der Waals surface area contributed by atoms with Crippen LogP contribution in [0.1, 0.15) is 31.2 Å². The molecule has 1 aromatic heterocycles. The lowest BCUT2D eigenvalue weighted by molar-refractivity contribution is -0.138. The van der Waals surface area contributed by atoms with Crippen molar-refractivity contribution in [1.29, 1.82) is 0 Å². The molecule has 36 heavy (non-hydrogen) atoms. The molecule has 5 rings (SSSR count). The second kappa shape index (κ2) is 9.67. The van der Waals surface area contributed by atoms with Gasteiger partial charge in [-0.2, -0.15) is 0 Å². The van der Waals surface area contributed by atoms with Gasteiger partial charge in [0, 0.05) is 31.7 Å². The summed E-state index contributed by atoms with van der Waals surface area (Å²) in [6.45, 7) is 3.34. The van der Waals surface area contributed by atoms with Crippen LogP contribution in [0.4, 0.5) is 16.4 Å². The largest absolute Gasteiger partial charge is 0.480 e. The highest BCUT2D eigenvalue weighted by Gasteiger charge is 2.50. The summed E-state index contributed by atoms with van der Waals surface area (Å²) in [5.41, 5.74) is 1.76. The highest BCUT2D eigenvalue weighted by molar-refractivity contribution is 5.95. The normalized spacial score (nSPS) is 27.0. The summed E-state index contributed by atoms with van der Waals surface area (Å²) < 4.78 is 0. The number of nitrogens with zero attached hydrogens (tertiary/aromatic N) is 6. The Morgan fingerprint density at radius 2 is 1.67 bits per heavy atom. The second-order valence-electron chi connectivity index (χ2n) is 10.5. The van der Waals surface area contributed by atoms with Gasteiger partial charge in [0.2, 0.25) is 5.95 Å². The molecule has 1 saturated carbocycles. The number of urea groups is 1. The van der Waals surface area contributed by atoms with E-state index in [0.717, 1.165) is 25.7 Å². The molecule has 2 aliphatic heterocycles. The van der Waals surface area contributed by atoms with Crippen LogP contribution in [0.2, 0.25) is 0 Å². The molecule has 0 bridgehead atoms. The van der Waals surface area contributed by atoms with Gasteiger partial charge in [-0.15, -0.1) is 0 Å². The first-order chi connectivity index (χ1) is 17.3. The molecule has 2 aromatic rings. The van der Waals surface area contributed by atoms with E-state index in [-0.39, 0.29) is 23.7 Å². The predicted molar refractivity (Wildman–Crippen MR) is 137 cm³/mol. The van der Waals surface area contributed by atoms with Crippen LogP contribution < -0.4 is 15.1 Å². The first-order valence-corrected chi connectivity index (χ1v) is 12.6. The number of nitrogens with one attached hydrogen (secondary N) is 1. The van der Waals surface area contributed by atoms with Crippen molar-refractivity contribution in [2.24, 2.45) is 0 Å². The Balaban J connectivity index is 1.23. The Bertz CT molecular complexity index is 1080. The van der Waals surface area contributed by atoms with Crippen LogP contribution in [0.25, 0.3) is 0 Å². The summed E-state index contributed by atoms with van der Waals surface area (Å²) in [6, 6.07) is 10.6. The lowest BCUT2D eigenvalue weighted by Gasteiger charge is -2.48. The number of amides is 2. The van der Waals surface area contributed by atoms with Crippen LogP contribution in [-0.2, 0) is 10.3 Å². The summed E-state index contributed by atoms with van der Waals surface area (Å²) in [6.07, 6.45) is 7.20. The quantitative estimate of drug-likeness (QED) is 0.630. The van der Waals surface area contributed by atoms with Gasteiger partial charge in [0.15, 0.2) is 0 Å². The van der Waals surface area contributed by atoms with Crippen molar-refractivity contribution in [3.8, 4) is 0 Å². The van der Waals surface area contributed by atoms with Gasteiger partial charge in [0.1, 0.15) is 0 Å². The minimum absolute atomic E-state index is 0.0239. The fourth-order valence-corrected chi connectivity index (χ4v) is 6.00. The van der Waals surface area contributed by atoms with E-state index >= 15 is 0 Å². The fraction of sp³-hybridized carbons (Fsp3) is 0.538. The van der Waals surface area contributed by atoms with E-state index in [1.807, 2.05) is 4.90 Å². The van der Waals surface area contributed by atoms with Crippen LogP contribution in [-0.4, -0.2) is 95.8 Å². The number of carboxylic acid groups (broad SMARTS) is 1. The van der Waals surface area contributed by atoms with Gasteiger partial charge in [-0.25, -0.2) is 14.8 Å². The van der Waals surface area contributed by atoms with Crippen LogP contribution in [0.5, 0.6) is 0 Å². The summed E-state index contributed by atoms with van der Waals surface area (Å²) >= 11 is 0. The number of anilines is 2. The zero-order valence-electron chi connectivity index (χ0n) is 21.1. The van der Waals surface area contributed by atoms with Crippen LogP contribution >= 0.6 is 0 Å². The minimum atomic E-state index is -0.809. The van der Waals surface area contributed by atoms with Crippen molar-refractivity contribution in [2.45, 2.75) is 36.8 Å². The van der Waals surface area contributed by atoms with Crippen molar-refractivity contribution in [2.75, 3.05) is 63.2 Å². The minimum Gasteiger partial charge on any atom is -0.480 e. The maximum absolute atomic E-state index is 13.0. The summed E-state index contributed by atoms with van der Waals surface area (Å²) in [4.78, 5) is 41.1. The fourth-order valence-electron chi connectivity index (χ4n) is 6.00. The van der Waals surface area contributed by atoms with Crippen LogP contribution in [0, 0.1) is 0 Å². The van der Waals surface area contributed by atoms with Gasteiger partial charge in [-0.05, 0) is 45.3 Å². The topological polar surface area (TPSA) is 105 Å². The van der Waals surface area contributed by atoms with E-state index < -0.39 is 5.97 Å². The number of hydrogen-bond acceptors (Lipinski definition) is 7. The van der Waals surface area contributed by atoms with Gasteiger partial charge in [0.05, 0.1) is 36.7 Å². The molecular formula is C26H35N7O3. The Morgan fingerprint density at radius 3 is 2.25 bits per heavy atom. The van der Waals surface area contributed by atoms with Gasteiger partial charge in [-0.3, -0.25) is 19.5 Å². The number of hydrogen-bond donors (Lipinski definition) is 2. The molecule has 2 N–H and O–H groups in total. The molecule has 192 valence electrons. The highest BCUT2D eigenvalue weighted by Crippen LogP contribution is 2.46. The summed E-state index contributed by atoms with van der Waals surface area (Å²) in [7, 11) is 4.30. The van der Waals surface area contributed by atoms with E-state index in [1.165, 1.54) is 5.56 Å². The Kier molecular flexibility index (Phi) is 6.57. The molecule has 0 radical (unpaired) electrons. The molecule has 2 amide bonds. The lowest BCUT2D eigenvalue weighted by Crippen LogP contribution is -2.54. The number of aliphatic carboxylic acids is 1. The maximum Gasteiger partial charge on any atom is 0.322 e. The molecule has 2 saturated heterocycles. The molecule has 3 fully saturated rings. The number of carboxylic acids is 1. The van der Waals surface area contributed by atoms with Crippen molar-refractivity contribution >= 4 is 23.6 Å². The molecule has 1 aliphatic carbocycles. The summed E-state index contributed by atoms with van der Waals surface area (Å²) in [5.74, 6) is -0.199. The number of aromatic nitrogens is 2. The monoisotopic (exact) mass is 493 g/mol. The number of piperazine rings is 1. The SMILES string of the molecule is CN(C)C1(c2ccccc2)CCC2(CC1)CN(c1cnc(N3CCN(CC(=O)O)CC3)nc1)C(=O)N2. The summed E-state index contributed by atoms with van der Waals surface area (Å²) in [5, 5.41) is 12.3. The Hall–Kier alpha value is -3.24. The third-order valence-corrected chi connectivity index (χ3v) is 8.23. The van der Waals surface area contributed by atoms with Gasteiger partial charge in [0.25, 0.3) is 0 Å². The molecule has 1 spiro atoms. The van der Waals surface area contributed by atoms with Crippen molar-refractivity contribution < 1.29 is 14.7 Å². The first kappa shape index (κ1) is 24.5. The molecular weight excluding hydrogens is 458 g/mol. The lowest BCUT2D eigenvalue weighted by atomic mass is 9.69. The van der Waals surface area contributed by atoms with E-state index in [4.69, 9.17) is 5.11 Å². The van der Waals surface area contributed by atoms with Crippen LogP contribution in [0.3, 0.4) is 0 Å². The first-order valence-electron chi connectivity index (χ1n) is 12.6. The second-order valence-corrected chi connectivity index (χ2v) is 10.5.